The van der Waals surface area contributed by atoms with Gasteiger partial charge in [0.25, 0.3) is 5.91 Å². The van der Waals surface area contributed by atoms with E-state index in [0.717, 1.165) is 29.3 Å². The summed E-state index contributed by atoms with van der Waals surface area (Å²) in [5.41, 5.74) is 3.97. The molecule has 0 saturated carbocycles. The summed E-state index contributed by atoms with van der Waals surface area (Å²) in [4.78, 5) is 18.2. The third-order valence-electron chi connectivity index (χ3n) is 6.01. The van der Waals surface area contributed by atoms with E-state index in [0.29, 0.717) is 28.5 Å². The molecule has 0 fully saturated rings. The second-order valence-electron chi connectivity index (χ2n) is 8.39. The van der Waals surface area contributed by atoms with Gasteiger partial charge in [-0.15, -0.1) is 0 Å². The number of pyridine rings is 1. The molecular formula is C29H30N2O4. The van der Waals surface area contributed by atoms with Crippen LogP contribution in [0.5, 0.6) is 17.2 Å². The minimum atomic E-state index is -0.127. The second-order valence-corrected chi connectivity index (χ2v) is 8.39. The molecule has 0 bridgehead atoms. The summed E-state index contributed by atoms with van der Waals surface area (Å²) in [7, 11) is 4.71. The number of benzene rings is 3. The van der Waals surface area contributed by atoms with E-state index in [9.17, 15) is 4.79 Å². The number of hydrogen-bond donors (Lipinski definition) is 1. The Morgan fingerprint density at radius 1 is 0.886 bits per heavy atom. The van der Waals surface area contributed by atoms with Gasteiger partial charge in [-0.25, -0.2) is 4.98 Å². The van der Waals surface area contributed by atoms with Crippen LogP contribution in [-0.4, -0.2) is 38.3 Å². The zero-order chi connectivity index (χ0) is 24.8. The van der Waals surface area contributed by atoms with Crippen molar-refractivity contribution in [3.05, 3.63) is 83.9 Å². The number of rotatable bonds is 9. The molecule has 6 heteroatoms. The zero-order valence-electron chi connectivity index (χ0n) is 20.5. The molecule has 1 amide bonds. The van der Waals surface area contributed by atoms with Gasteiger partial charge in [-0.05, 0) is 49.6 Å². The molecule has 4 rings (SSSR count). The predicted molar refractivity (Wildman–Crippen MR) is 139 cm³/mol. The third-order valence-corrected chi connectivity index (χ3v) is 6.01. The van der Waals surface area contributed by atoms with Gasteiger partial charge in [0.2, 0.25) is 5.75 Å². The van der Waals surface area contributed by atoms with Crippen LogP contribution in [0.15, 0.2) is 72.8 Å². The molecule has 0 saturated heterocycles. The Labute approximate surface area is 205 Å². The number of aromatic nitrogens is 1. The van der Waals surface area contributed by atoms with Crippen LogP contribution >= 0.6 is 0 Å². The number of carbonyl (C=O) groups excluding carboxylic acids is 1. The molecular weight excluding hydrogens is 440 g/mol. The van der Waals surface area contributed by atoms with Crippen LogP contribution in [0.4, 0.5) is 0 Å². The van der Waals surface area contributed by atoms with Gasteiger partial charge in [-0.2, -0.15) is 0 Å². The number of amides is 1. The quantitative estimate of drug-likeness (QED) is 0.341. The van der Waals surface area contributed by atoms with Crippen molar-refractivity contribution < 1.29 is 19.0 Å². The first-order valence-corrected chi connectivity index (χ1v) is 11.6. The lowest BCUT2D eigenvalue weighted by molar-refractivity contribution is 0.0940. The number of nitrogens with one attached hydrogen (secondary N) is 1. The Balaban J connectivity index is 1.67. The summed E-state index contributed by atoms with van der Waals surface area (Å²) >= 11 is 0. The molecule has 1 aromatic heterocycles. The lowest BCUT2D eigenvalue weighted by atomic mass is 10.0. The van der Waals surface area contributed by atoms with Crippen LogP contribution in [0, 0.1) is 0 Å². The fraction of sp³-hybridized carbons (Fsp3) is 0.241. The highest BCUT2D eigenvalue weighted by Gasteiger charge is 2.19. The number of aryl methyl sites for hydroxylation is 1. The van der Waals surface area contributed by atoms with E-state index in [1.54, 1.807) is 21.3 Å². The molecule has 35 heavy (non-hydrogen) atoms. The molecule has 0 unspecified atom stereocenters. The number of hydrogen-bond acceptors (Lipinski definition) is 5. The van der Waals surface area contributed by atoms with E-state index in [4.69, 9.17) is 19.2 Å². The lowest BCUT2D eigenvalue weighted by Crippen LogP contribution is -2.33. The van der Waals surface area contributed by atoms with Crippen LogP contribution in [0.3, 0.4) is 0 Å². The minimum absolute atomic E-state index is 0.0132. The van der Waals surface area contributed by atoms with Crippen LogP contribution < -0.4 is 19.5 Å². The monoisotopic (exact) mass is 470 g/mol. The topological polar surface area (TPSA) is 69.7 Å². The van der Waals surface area contributed by atoms with E-state index in [-0.39, 0.29) is 11.9 Å². The molecule has 1 heterocycles. The van der Waals surface area contributed by atoms with Crippen LogP contribution in [-0.2, 0) is 6.42 Å². The van der Waals surface area contributed by atoms with Gasteiger partial charge >= 0.3 is 0 Å². The van der Waals surface area contributed by atoms with E-state index >= 15 is 0 Å². The first kappa shape index (κ1) is 24.1. The second kappa shape index (κ2) is 10.9. The van der Waals surface area contributed by atoms with Gasteiger partial charge in [-0.1, -0.05) is 48.5 Å². The molecule has 4 aromatic rings. The first-order valence-electron chi connectivity index (χ1n) is 11.6. The normalized spacial score (nSPS) is 11.7. The summed E-state index contributed by atoms with van der Waals surface area (Å²) < 4.78 is 16.5. The largest absolute Gasteiger partial charge is 0.493 e. The van der Waals surface area contributed by atoms with E-state index < -0.39 is 0 Å². The fourth-order valence-electron chi connectivity index (χ4n) is 4.14. The number of ether oxygens (including phenoxy) is 3. The van der Waals surface area contributed by atoms with Crippen LogP contribution in [0.1, 0.15) is 29.3 Å². The van der Waals surface area contributed by atoms with Crippen LogP contribution in [0.25, 0.3) is 22.2 Å². The number of carbonyl (C=O) groups is 1. The van der Waals surface area contributed by atoms with E-state index in [1.165, 1.54) is 5.56 Å². The summed E-state index contributed by atoms with van der Waals surface area (Å²) in [6, 6.07) is 23.5. The van der Waals surface area contributed by atoms with E-state index in [1.807, 2.05) is 67.6 Å². The molecule has 0 aliphatic heterocycles. The zero-order valence-corrected chi connectivity index (χ0v) is 20.5. The summed E-state index contributed by atoms with van der Waals surface area (Å²) in [6.07, 6.45) is 1.74. The number of nitrogens with zero attached hydrogens (tertiary/aromatic N) is 1. The predicted octanol–water partition coefficient (Wildman–Crippen LogP) is 5.68. The molecule has 1 atom stereocenters. The van der Waals surface area contributed by atoms with Crippen molar-refractivity contribution >= 4 is 16.8 Å². The van der Waals surface area contributed by atoms with Gasteiger partial charge in [-0.3, -0.25) is 4.79 Å². The van der Waals surface area contributed by atoms with Gasteiger partial charge in [0.05, 0.1) is 38.1 Å². The molecule has 3 aromatic carbocycles. The Kier molecular flexibility index (Phi) is 7.51. The standard InChI is InChI=1S/C29H30N2O4/c1-19(14-15-20-10-6-5-7-11-20)30-29(32)23-18-25(31-24-13-9-8-12-22(23)24)21-16-26(33-2)28(35-4)27(17-21)34-3/h5-13,16-19H,14-15H2,1-4H3,(H,30,32)/t19-/m1/s1. The summed E-state index contributed by atoms with van der Waals surface area (Å²) in [5, 5.41) is 3.97. The maximum Gasteiger partial charge on any atom is 0.252 e. The fourth-order valence-corrected chi connectivity index (χ4v) is 4.14. The van der Waals surface area contributed by atoms with Gasteiger partial charge in [0, 0.05) is 17.0 Å². The van der Waals surface area contributed by atoms with Crippen molar-refractivity contribution in [2.75, 3.05) is 21.3 Å². The molecule has 0 spiro atoms. The molecule has 1 N–H and O–H groups in total. The van der Waals surface area contributed by atoms with Crippen molar-refractivity contribution in [1.82, 2.24) is 10.3 Å². The molecule has 0 radical (unpaired) electrons. The average Bonchev–Trinajstić information content (AvgIpc) is 2.90. The van der Waals surface area contributed by atoms with Crippen molar-refractivity contribution in [3.8, 4) is 28.5 Å². The van der Waals surface area contributed by atoms with Gasteiger partial charge in [0.1, 0.15) is 0 Å². The Bertz CT molecular complexity index is 1300. The SMILES string of the molecule is COc1cc(-c2cc(C(=O)N[C@H](C)CCc3ccccc3)c3ccccc3n2)cc(OC)c1OC. The summed E-state index contributed by atoms with van der Waals surface area (Å²) in [6.45, 7) is 2.03. The Morgan fingerprint density at radius 2 is 1.54 bits per heavy atom. The molecule has 180 valence electrons. The smallest absolute Gasteiger partial charge is 0.252 e. The van der Waals surface area contributed by atoms with Crippen molar-refractivity contribution in [2.24, 2.45) is 0 Å². The number of methoxy groups -OCH3 is 3. The highest BCUT2D eigenvalue weighted by molar-refractivity contribution is 6.07. The van der Waals surface area contributed by atoms with Gasteiger partial charge in [0.15, 0.2) is 11.5 Å². The molecule has 0 aliphatic rings. The third kappa shape index (κ3) is 5.38. The maximum absolute atomic E-state index is 13.4. The Morgan fingerprint density at radius 3 is 2.20 bits per heavy atom. The van der Waals surface area contributed by atoms with Crippen molar-refractivity contribution in [3.63, 3.8) is 0 Å². The molecule has 6 nitrogen and oxygen atoms in total. The highest BCUT2D eigenvalue weighted by Crippen LogP contribution is 2.41. The van der Waals surface area contributed by atoms with E-state index in [2.05, 4.69) is 17.4 Å². The van der Waals surface area contributed by atoms with Crippen molar-refractivity contribution in [2.45, 2.75) is 25.8 Å². The maximum atomic E-state index is 13.4. The number of fused-ring (bicyclic) bond motifs is 1. The first-order chi connectivity index (χ1) is 17.0. The van der Waals surface area contributed by atoms with Crippen LogP contribution in [0.2, 0.25) is 0 Å². The minimum Gasteiger partial charge on any atom is -0.493 e. The summed E-state index contributed by atoms with van der Waals surface area (Å²) in [5.74, 6) is 1.43. The lowest BCUT2D eigenvalue weighted by Gasteiger charge is -2.17. The van der Waals surface area contributed by atoms with Gasteiger partial charge < -0.3 is 19.5 Å². The number of para-hydroxylation sites is 1. The highest BCUT2D eigenvalue weighted by atomic mass is 16.5. The van der Waals surface area contributed by atoms with Crippen molar-refractivity contribution in [1.29, 1.82) is 0 Å². The Hall–Kier alpha value is -4.06. The molecule has 0 aliphatic carbocycles. The average molecular weight is 471 g/mol.